The molecule has 16 heavy (non-hydrogen) atoms. The first-order chi connectivity index (χ1) is 7.72. The molecule has 0 radical (unpaired) electrons. The van der Waals surface area contributed by atoms with E-state index in [2.05, 4.69) is 5.32 Å². The standard InChI is InChI=1S/C12H21NO3/c1-10(2)15-7-6-14-9-12-5-4-11(16-12)8-13-3/h4-5,10,13H,6-9H2,1-3H3. The van der Waals surface area contributed by atoms with Crippen LogP contribution in [0.25, 0.3) is 0 Å². The lowest BCUT2D eigenvalue weighted by molar-refractivity contribution is 0.0101. The van der Waals surface area contributed by atoms with Gasteiger partial charge in [0.15, 0.2) is 0 Å². The molecule has 0 fully saturated rings. The minimum Gasteiger partial charge on any atom is -0.462 e. The van der Waals surface area contributed by atoms with Crippen molar-refractivity contribution in [1.82, 2.24) is 5.32 Å². The summed E-state index contributed by atoms with van der Waals surface area (Å²) in [5, 5.41) is 3.03. The van der Waals surface area contributed by atoms with Crippen LogP contribution < -0.4 is 5.32 Å². The molecule has 0 spiro atoms. The number of hydrogen-bond acceptors (Lipinski definition) is 4. The fraction of sp³-hybridized carbons (Fsp3) is 0.667. The fourth-order valence-electron chi connectivity index (χ4n) is 1.28. The second kappa shape index (κ2) is 7.44. The molecule has 0 unspecified atom stereocenters. The Hall–Kier alpha value is -0.840. The number of nitrogens with one attached hydrogen (secondary N) is 1. The van der Waals surface area contributed by atoms with E-state index in [1.54, 1.807) is 0 Å². The number of ether oxygens (including phenoxy) is 2. The molecule has 1 N–H and O–H groups in total. The van der Waals surface area contributed by atoms with Gasteiger partial charge in [0.25, 0.3) is 0 Å². The molecule has 0 atom stereocenters. The van der Waals surface area contributed by atoms with Gasteiger partial charge in [-0.3, -0.25) is 0 Å². The van der Waals surface area contributed by atoms with E-state index < -0.39 is 0 Å². The van der Waals surface area contributed by atoms with E-state index >= 15 is 0 Å². The van der Waals surface area contributed by atoms with E-state index in [-0.39, 0.29) is 6.10 Å². The molecule has 0 aliphatic heterocycles. The SMILES string of the molecule is CNCc1ccc(COCCOC(C)C)o1. The first-order valence-electron chi connectivity index (χ1n) is 5.64. The van der Waals surface area contributed by atoms with Crippen molar-refractivity contribution in [3.8, 4) is 0 Å². The maximum Gasteiger partial charge on any atom is 0.129 e. The van der Waals surface area contributed by atoms with Crippen molar-refractivity contribution in [3.63, 3.8) is 0 Å². The molecule has 0 saturated heterocycles. The highest BCUT2D eigenvalue weighted by Gasteiger charge is 2.01. The van der Waals surface area contributed by atoms with Crippen LogP contribution in [0.2, 0.25) is 0 Å². The van der Waals surface area contributed by atoms with Gasteiger partial charge in [0.05, 0.1) is 25.9 Å². The molecule has 4 heteroatoms. The van der Waals surface area contributed by atoms with E-state index in [1.807, 2.05) is 33.0 Å². The van der Waals surface area contributed by atoms with Crippen LogP contribution in [0.3, 0.4) is 0 Å². The zero-order valence-electron chi connectivity index (χ0n) is 10.3. The predicted molar refractivity (Wildman–Crippen MR) is 62.2 cm³/mol. The summed E-state index contributed by atoms with van der Waals surface area (Å²) < 4.78 is 16.3. The van der Waals surface area contributed by atoms with Crippen LogP contribution in [0, 0.1) is 0 Å². The summed E-state index contributed by atoms with van der Waals surface area (Å²) in [6, 6.07) is 3.90. The lowest BCUT2D eigenvalue weighted by Gasteiger charge is -2.07. The molecule has 1 aromatic heterocycles. The molecule has 1 rings (SSSR count). The Balaban J connectivity index is 2.12. The van der Waals surface area contributed by atoms with Crippen molar-refractivity contribution in [2.24, 2.45) is 0 Å². The molecule has 4 nitrogen and oxygen atoms in total. The number of hydrogen-bond donors (Lipinski definition) is 1. The Morgan fingerprint density at radius 1 is 1.25 bits per heavy atom. The van der Waals surface area contributed by atoms with Crippen molar-refractivity contribution in [3.05, 3.63) is 23.7 Å². The molecule has 0 amide bonds. The van der Waals surface area contributed by atoms with Crippen LogP contribution in [0.15, 0.2) is 16.5 Å². The topological polar surface area (TPSA) is 43.6 Å². The summed E-state index contributed by atoms with van der Waals surface area (Å²) in [5.74, 6) is 1.79. The van der Waals surface area contributed by atoms with Crippen molar-refractivity contribution in [2.45, 2.75) is 33.1 Å². The Labute approximate surface area is 96.9 Å². The first kappa shape index (κ1) is 13.2. The predicted octanol–water partition coefficient (Wildman–Crippen LogP) is 1.94. The van der Waals surface area contributed by atoms with E-state index in [1.165, 1.54) is 0 Å². The number of rotatable bonds is 8. The number of furan rings is 1. The van der Waals surface area contributed by atoms with Crippen LogP contribution >= 0.6 is 0 Å². The zero-order chi connectivity index (χ0) is 11.8. The summed E-state index contributed by atoms with van der Waals surface area (Å²) in [4.78, 5) is 0. The van der Waals surface area contributed by atoms with Gasteiger partial charge in [0.1, 0.15) is 18.1 Å². The molecule has 0 aliphatic rings. The smallest absolute Gasteiger partial charge is 0.129 e. The highest BCUT2D eigenvalue weighted by Crippen LogP contribution is 2.08. The van der Waals surface area contributed by atoms with E-state index in [0.29, 0.717) is 19.8 Å². The van der Waals surface area contributed by atoms with Crippen LogP contribution in [0.5, 0.6) is 0 Å². The minimum absolute atomic E-state index is 0.259. The van der Waals surface area contributed by atoms with Gasteiger partial charge in [0.2, 0.25) is 0 Å². The third-order valence-electron chi connectivity index (χ3n) is 1.99. The van der Waals surface area contributed by atoms with E-state index in [0.717, 1.165) is 18.1 Å². The lowest BCUT2D eigenvalue weighted by atomic mass is 10.4. The Morgan fingerprint density at radius 3 is 2.69 bits per heavy atom. The van der Waals surface area contributed by atoms with Crippen LogP contribution in [-0.4, -0.2) is 26.4 Å². The van der Waals surface area contributed by atoms with Gasteiger partial charge < -0.3 is 19.2 Å². The van der Waals surface area contributed by atoms with E-state index in [4.69, 9.17) is 13.9 Å². The van der Waals surface area contributed by atoms with E-state index in [9.17, 15) is 0 Å². The van der Waals surface area contributed by atoms with Crippen molar-refractivity contribution >= 4 is 0 Å². The molecule has 0 aromatic carbocycles. The van der Waals surface area contributed by atoms with Crippen LogP contribution in [-0.2, 0) is 22.6 Å². The van der Waals surface area contributed by atoms with Gasteiger partial charge in [-0.2, -0.15) is 0 Å². The largest absolute Gasteiger partial charge is 0.462 e. The normalized spacial score (nSPS) is 11.2. The first-order valence-corrected chi connectivity index (χ1v) is 5.64. The van der Waals surface area contributed by atoms with Gasteiger partial charge >= 0.3 is 0 Å². The van der Waals surface area contributed by atoms with Gasteiger partial charge in [0, 0.05) is 0 Å². The monoisotopic (exact) mass is 227 g/mol. The van der Waals surface area contributed by atoms with Crippen molar-refractivity contribution < 1.29 is 13.9 Å². The molecular weight excluding hydrogens is 206 g/mol. The highest BCUT2D eigenvalue weighted by atomic mass is 16.5. The lowest BCUT2D eigenvalue weighted by Crippen LogP contribution is -2.09. The Bertz CT molecular complexity index is 284. The summed E-state index contributed by atoms with van der Waals surface area (Å²) in [7, 11) is 1.89. The molecular formula is C12H21NO3. The van der Waals surface area contributed by atoms with Crippen LogP contribution in [0.4, 0.5) is 0 Å². The van der Waals surface area contributed by atoms with Gasteiger partial charge in [-0.1, -0.05) is 0 Å². The molecule has 0 aliphatic carbocycles. The average Bonchev–Trinajstić information content (AvgIpc) is 2.65. The Kier molecular flexibility index (Phi) is 6.15. The third kappa shape index (κ3) is 5.30. The highest BCUT2D eigenvalue weighted by molar-refractivity contribution is 5.06. The maximum atomic E-state index is 5.52. The molecule has 0 saturated carbocycles. The second-order valence-corrected chi connectivity index (χ2v) is 3.87. The Morgan fingerprint density at radius 2 is 2.00 bits per heavy atom. The summed E-state index contributed by atoms with van der Waals surface area (Å²) in [5.41, 5.74) is 0. The zero-order valence-corrected chi connectivity index (χ0v) is 10.3. The average molecular weight is 227 g/mol. The van der Waals surface area contributed by atoms with Crippen molar-refractivity contribution in [2.75, 3.05) is 20.3 Å². The molecule has 92 valence electrons. The minimum atomic E-state index is 0.259. The third-order valence-corrected chi connectivity index (χ3v) is 1.99. The van der Waals surface area contributed by atoms with Gasteiger partial charge in [-0.15, -0.1) is 0 Å². The molecule has 0 bridgehead atoms. The van der Waals surface area contributed by atoms with Crippen LogP contribution in [0.1, 0.15) is 25.4 Å². The summed E-state index contributed by atoms with van der Waals surface area (Å²) >= 11 is 0. The molecule has 1 heterocycles. The van der Waals surface area contributed by atoms with Gasteiger partial charge in [-0.05, 0) is 33.0 Å². The quantitative estimate of drug-likeness (QED) is 0.689. The maximum absolute atomic E-state index is 5.52. The second-order valence-electron chi connectivity index (χ2n) is 3.87. The fourth-order valence-corrected chi connectivity index (χ4v) is 1.28. The molecule has 1 aromatic rings. The summed E-state index contributed by atoms with van der Waals surface area (Å²) in [6.07, 6.45) is 0.259. The van der Waals surface area contributed by atoms with Crippen molar-refractivity contribution in [1.29, 1.82) is 0 Å². The summed E-state index contributed by atoms with van der Waals surface area (Å²) in [6.45, 7) is 6.50. The van der Waals surface area contributed by atoms with Gasteiger partial charge in [-0.25, -0.2) is 0 Å².